The largest absolute Gasteiger partial charge is 0.484 e. The van der Waals surface area contributed by atoms with Gasteiger partial charge in [-0.25, -0.2) is 8.42 Å². The van der Waals surface area contributed by atoms with Crippen molar-refractivity contribution in [2.24, 2.45) is 0 Å². The van der Waals surface area contributed by atoms with Gasteiger partial charge in [-0.2, -0.15) is 0 Å². The van der Waals surface area contributed by atoms with E-state index in [4.69, 9.17) is 4.74 Å². The Morgan fingerprint density at radius 1 is 1.12 bits per heavy atom. The van der Waals surface area contributed by atoms with Crippen molar-refractivity contribution in [3.8, 4) is 5.75 Å². The van der Waals surface area contributed by atoms with Crippen molar-refractivity contribution in [2.75, 3.05) is 29.0 Å². The van der Waals surface area contributed by atoms with Crippen molar-refractivity contribution in [3.63, 3.8) is 0 Å². The van der Waals surface area contributed by atoms with E-state index in [1.54, 1.807) is 31.2 Å². The summed E-state index contributed by atoms with van der Waals surface area (Å²) in [5.74, 6) is 0.234. The number of rotatable bonds is 7. The molecule has 1 amide bonds. The van der Waals surface area contributed by atoms with Crippen LogP contribution in [0.4, 0.5) is 11.4 Å². The third kappa shape index (κ3) is 5.22. The van der Waals surface area contributed by atoms with E-state index in [1.807, 2.05) is 31.2 Å². The maximum Gasteiger partial charge on any atom is 0.262 e. The second-order valence-electron chi connectivity index (χ2n) is 5.57. The van der Waals surface area contributed by atoms with Crippen LogP contribution in [0, 0.1) is 6.92 Å². The number of carbonyl (C=O) groups excluding carboxylic acids is 1. The molecule has 2 aromatic rings. The number of carbonyl (C=O) groups is 1. The summed E-state index contributed by atoms with van der Waals surface area (Å²) in [5.41, 5.74) is 2.28. The Morgan fingerprint density at radius 3 is 2.32 bits per heavy atom. The quantitative estimate of drug-likeness (QED) is 0.822. The lowest BCUT2D eigenvalue weighted by Crippen LogP contribution is -2.29. The SMILES string of the molecule is CCN(c1ccc(OCC(=O)Nc2ccccc2C)cc1)S(C)(=O)=O. The normalized spacial score (nSPS) is 11.0. The van der Waals surface area contributed by atoms with E-state index in [0.29, 0.717) is 18.0 Å². The summed E-state index contributed by atoms with van der Waals surface area (Å²) < 4.78 is 30.2. The summed E-state index contributed by atoms with van der Waals surface area (Å²) in [6, 6.07) is 14.1. The molecule has 0 unspecified atom stereocenters. The number of para-hydroxylation sites is 1. The molecule has 0 spiro atoms. The highest BCUT2D eigenvalue weighted by molar-refractivity contribution is 7.92. The van der Waals surface area contributed by atoms with E-state index in [2.05, 4.69) is 5.32 Å². The predicted molar refractivity (Wildman–Crippen MR) is 99.6 cm³/mol. The lowest BCUT2D eigenvalue weighted by Gasteiger charge is -2.20. The zero-order chi connectivity index (χ0) is 18.4. The van der Waals surface area contributed by atoms with Crippen LogP contribution < -0.4 is 14.4 Å². The molecule has 25 heavy (non-hydrogen) atoms. The zero-order valence-electron chi connectivity index (χ0n) is 14.5. The molecule has 0 fully saturated rings. The Balaban J connectivity index is 1.95. The minimum absolute atomic E-state index is 0.128. The van der Waals surface area contributed by atoms with Crippen LogP contribution in [0.15, 0.2) is 48.5 Å². The summed E-state index contributed by atoms with van der Waals surface area (Å²) in [7, 11) is -3.32. The fourth-order valence-electron chi connectivity index (χ4n) is 2.37. The van der Waals surface area contributed by atoms with Gasteiger partial charge in [0.15, 0.2) is 6.61 Å². The van der Waals surface area contributed by atoms with Crippen LogP contribution in [0.25, 0.3) is 0 Å². The number of anilines is 2. The van der Waals surface area contributed by atoms with E-state index in [-0.39, 0.29) is 12.5 Å². The third-order valence-corrected chi connectivity index (χ3v) is 4.87. The van der Waals surface area contributed by atoms with Gasteiger partial charge in [0.05, 0.1) is 11.9 Å². The van der Waals surface area contributed by atoms with E-state index in [0.717, 1.165) is 17.5 Å². The first kappa shape index (κ1) is 18.8. The summed E-state index contributed by atoms with van der Waals surface area (Å²) in [5, 5.41) is 2.79. The van der Waals surface area contributed by atoms with E-state index in [1.165, 1.54) is 4.31 Å². The number of nitrogens with zero attached hydrogens (tertiary/aromatic N) is 1. The third-order valence-electron chi connectivity index (χ3n) is 3.60. The first-order valence-corrected chi connectivity index (χ1v) is 9.72. The molecule has 2 aromatic carbocycles. The number of amides is 1. The molecule has 0 aliphatic rings. The number of ether oxygens (including phenoxy) is 1. The monoisotopic (exact) mass is 362 g/mol. The fourth-order valence-corrected chi connectivity index (χ4v) is 3.34. The van der Waals surface area contributed by atoms with Crippen LogP contribution in [-0.4, -0.2) is 33.7 Å². The van der Waals surface area contributed by atoms with Crippen LogP contribution in [-0.2, 0) is 14.8 Å². The fraction of sp³-hybridized carbons (Fsp3) is 0.278. The molecule has 0 aliphatic carbocycles. The summed E-state index contributed by atoms with van der Waals surface area (Å²) in [6.07, 6.45) is 1.16. The Kier molecular flexibility index (Phi) is 6.03. The smallest absolute Gasteiger partial charge is 0.262 e. The zero-order valence-corrected chi connectivity index (χ0v) is 15.3. The molecule has 6 nitrogen and oxygen atoms in total. The highest BCUT2D eigenvalue weighted by atomic mass is 32.2. The number of sulfonamides is 1. The Labute approximate surface area is 148 Å². The van der Waals surface area contributed by atoms with Gasteiger partial charge in [0.25, 0.3) is 5.91 Å². The van der Waals surface area contributed by atoms with E-state index < -0.39 is 10.0 Å². The lowest BCUT2D eigenvalue weighted by atomic mass is 10.2. The molecular weight excluding hydrogens is 340 g/mol. The molecule has 7 heteroatoms. The van der Waals surface area contributed by atoms with Crippen molar-refractivity contribution in [2.45, 2.75) is 13.8 Å². The Morgan fingerprint density at radius 2 is 1.76 bits per heavy atom. The van der Waals surface area contributed by atoms with Crippen LogP contribution >= 0.6 is 0 Å². The van der Waals surface area contributed by atoms with Gasteiger partial charge in [-0.1, -0.05) is 18.2 Å². The molecule has 0 bridgehead atoms. The minimum atomic E-state index is -3.32. The molecule has 1 N–H and O–H groups in total. The topological polar surface area (TPSA) is 75.7 Å². The van der Waals surface area contributed by atoms with Crippen LogP contribution in [0.3, 0.4) is 0 Å². The van der Waals surface area contributed by atoms with E-state index in [9.17, 15) is 13.2 Å². The number of hydrogen-bond acceptors (Lipinski definition) is 4. The summed E-state index contributed by atoms with van der Waals surface area (Å²) >= 11 is 0. The van der Waals surface area contributed by atoms with Crippen molar-refractivity contribution in [1.82, 2.24) is 0 Å². The molecule has 0 atom stereocenters. The minimum Gasteiger partial charge on any atom is -0.484 e. The number of hydrogen-bond donors (Lipinski definition) is 1. The van der Waals surface area contributed by atoms with Crippen molar-refractivity contribution < 1.29 is 17.9 Å². The second-order valence-corrected chi connectivity index (χ2v) is 7.48. The molecule has 0 aromatic heterocycles. The van der Waals surface area contributed by atoms with Crippen LogP contribution in [0.2, 0.25) is 0 Å². The van der Waals surface area contributed by atoms with Crippen LogP contribution in [0.1, 0.15) is 12.5 Å². The van der Waals surface area contributed by atoms with Gasteiger partial charge < -0.3 is 10.1 Å². The van der Waals surface area contributed by atoms with Gasteiger partial charge in [0.2, 0.25) is 10.0 Å². The number of aryl methyl sites for hydroxylation is 1. The highest BCUT2D eigenvalue weighted by Gasteiger charge is 2.15. The molecular formula is C18H22N2O4S. The lowest BCUT2D eigenvalue weighted by molar-refractivity contribution is -0.118. The molecule has 2 rings (SSSR count). The van der Waals surface area contributed by atoms with Gasteiger partial charge in [-0.15, -0.1) is 0 Å². The predicted octanol–water partition coefficient (Wildman–Crippen LogP) is 2.80. The standard InChI is InChI=1S/C18H22N2O4S/c1-4-20(25(3,22)23)15-9-11-16(12-10-15)24-13-18(21)19-17-8-6-5-7-14(17)2/h5-12H,4,13H2,1-3H3,(H,19,21). The van der Waals surface area contributed by atoms with Crippen molar-refractivity contribution in [1.29, 1.82) is 0 Å². The second kappa shape index (κ2) is 8.02. The van der Waals surface area contributed by atoms with Gasteiger partial charge in [0.1, 0.15) is 5.75 Å². The molecule has 0 heterocycles. The van der Waals surface area contributed by atoms with Crippen molar-refractivity contribution in [3.05, 3.63) is 54.1 Å². The summed E-state index contributed by atoms with van der Waals surface area (Å²) in [4.78, 5) is 12.0. The number of benzene rings is 2. The summed E-state index contributed by atoms with van der Waals surface area (Å²) in [6.45, 7) is 3.90. The first-order chi connectivity index (χ1) is 11.8. The average molecular weight is 362 g/mol. The maximum absolute atomic E-state index is 12.0. The Bertz CT molecular complexity index is 832. The van der Waals surface area contributed by atoms with Gasteiger partial charge in [-0.05, 0) is 49.7 Å². The highest BCUT2D eigenvalue weighted by Crippen LogP contribution is 2.21. The molecule has 0 saturated heterocycles. The molecule has 0 aliphatic heterocycles. The van der Waals surface area contributed by atoms with Crippen molar-refractivity contribution >= 4 is 27.3 Å². The maximum atomic E-state index is 12.0. The molecule has 134 valence electrons. The number of nitrogens with one attached hydrogen (secondary N) is 1. The molecule has 0 saturated carbocycles. The van der Waals surface area contributed by atoms with Gasteiger partial charge in [-0.3, -0.25) is 9.10 Å². The van der Waals surface area contributed by atoms with Gasteiger partial charge >= 0.3 is 0 Å². The van der Waals surface area contributed by atoms with Crippen LogP contribution in [0.5, 0.6) is 5.75 Å². The average Bonchev–Trinajstić information content (AvgIpc) is 2.56. The first-order valence-electron chi connectivity index (χ1n) is 7.87. The van der Waals surface area contributed by atoms with E-state index >= 15 is 0 Å². The Hall–Kier alpha value is -2.54. The molecule has 0 radical (unpaired) electrons. The van der Waals surface area contributed by atoms with Gasteiger partial charge in [0, 0.05) is 12.2 Å².